The van der Waals surface area contributed by atoms with E-state index < -0.39 is 41.0 Å². The Kier molecular flexibility index (Phi) is 7.16. The highest BCUT2D eigenvalue weighted by molar-refractivity contribution is 5.95. The normalized spacial score (nSPS) is 17.8. The minimum Gasteiger partial charge on any atom is -0.333 e. The lowest BCUT2D eigenvalue weighted by molar-refractivity contribution is -0.143. The van der Waals surface area contributed by atoms with Crippen molar-refractivity contribution in [1.82, 2.24) is 9.80 Å². The molecule has 2 aromatic rings. The summed E-state index contributed by atoms with van der Waals surface area (Å²) < 4.78 is 79.5. The van der Waals surface area contributed by atoms with Gasteiger partial charge in [0.15, 0.2) is 0 Å². The number of benzene rings is 2. The summed E-state index contributed by atoms with van der Waals surface area (Å²) in [5.41, 5.74) is -2.88. The van der Waals surface area contributed by atoms with Gasteiger partial charge in [-0.1, -0.05) is 30.3 Å². The van der Waals surface area contributed by atoms with Gasteiger partial charge in [0, 0.05) is 31.2 Å². The molecule has 0 saturated carbocycles. The van der Waals surface area contributed by atoms with Crippen LogP contribution in [-0.2, 0) is 23.6 Å². The van der Waals surface area contributed by atoms with Gasteiger partial charge >= 0.3 is 12.4 Å². The molecule has 0 spiro atoms. The third kappa shape index (κ3) is 6.34. The van der Waals surface area contributed by atoms with Crippen LogP contribution in [0.3, 0.4) is 0 Å². The maximum absolute atomic E-state index is 13.2. The number of amides is 1. The zero-order chi connectivity index (χ0) is 24.4. The summed E-state index contributed by atoms with van der Waals surface area (Å²) in [6.45, 7) is 2.19. The molecule has 10 heteroatoms. The lowest BCUT2D eigenvalue weighted by Crippen LogP contribution is -2.56. The molecule has 0 bridgehead atoms. The van der Waals surface area contributed by atoms with E-state index >= 15 is 0 Å². The Labute approximate surface area is 186 Å². The van der Waals surface area contributed by atoms with Crippen LogP contribution in [0.15, 0.2) is 48.5 Å². The minimum absolute atomic E-state index is 0.00301. The van der Waals surface area contributed by atoms with Crippen LogP contribution >= 0.6 is 0 Å². The third-order valence-electron chi connectivity index (χ3n) is 5.42. The van der Waals surface area contributed by atoms with Gasteiger partial charge in [-0.05, 0) is 37.1 Å². The summed E-state index contributed by atoms with van der Waals surface area (Å²) in [4.78, 5) is 27.9. The number of Topliss-reactive ketones (excluding diaryl/α,β-unsaturated/α-hetero) is 1. The second kappa shape index (κ2) is 9.54. The first-order valence-corrected chi connectivity index (χ1v) is 10.2. The molecule has 1 atom stereocenters. The topological polar surface area (TPSA) is 40.6 Å². The number of piperazine rings is 1. The second-order valence-corrected chi connectivity index (χ2v) is 8.07. The van der Waals surface area contributed by atoms with Crippen LogP contribution in [0.4, 0.5) is 26.3 Å². The van der Waals surface area contributed by atoms with Gasteiger partial charge in [-0.3, -0.25) is 14.5 Å². The summed E-state index contributed by atoms with van der Waals surface area (Å²) in [7, 11) is 0. The molecule has 4 nitrogen and oxygen atoms in total. The van der Waals surface area contributed by atoms with E-state index in [1.54, 1.807) is 18.2 Å². The Morgan fingerprint density at radius 2 is 1.48 bits per heavy atom. The van der Waals surface area contributed by atoms with Gasteiger partial charge in [0.05, 0.1) is 17.7 Å². The first-order valence-electron chi connectivity index (χ1n) is 10.2. The van der Waals surface area contributed by atoms with Crippen LogP contribution in [0.1, 0.15) is 34.0 Å². The van der Waals surface area contributed by atoms with Gasteiger partial charge in [0.25, 0.3) is 5.91 Å². The maximum atomic E-state index is 13.2. The van der Waals surface area contributed by atoms with E-state index in [4.69, 9.17) is 0 Å². The summed E-state index contributed by atoms with van der Waals surface area (Å²) in [5, 5.41) is 0. The van der Waals surface area contributed by atoms with Crippen molar-refractivity contribution in [3.8, 4) is 0 Å². The number of nitrogens with zero attached hydrogens (tertiary/aromatic N) is 2. The highest BCUT2D eigenvalue weighted by atomic mass is 19.4. The molecule has 33 heavy (non-hydrogen) atoms. The number of alkyl halides is 6. The number of carbonyl (C=O) groups is 2. The molecule has 2 aromatic carbocycles. The lowest BCUT2D eigenvalue weighted by atomic mass is 9.99. The van der Waals surface area contributed by atoms with Crippen LogP contribution < -0.4 is 0 Å². The summed E-state index contributed by atoms with van der Waals surface area (Å²) in [6, 6.07) is 9.41. The molecule has 178 valence electrons. The predicted octanol–water partition coefficient (Wildman–Crippen LogP) is 4.68. The second-order valence-electron chi connectivity index (χ2n) is 8.07. The Bertz CT molecular complexity index is 972. The van der Waals surface area contributed by atoms with Crippen LogP contribution in [0, 0.1) is 0 Å². The monoisotopic (exact) mass is 472 g/mol. The first kappa shape index (κ1) is 24.8. The average Bonchev–Trinajstić information content (AvgIpc) is 2.72. The minimum atomic E-state index is -5.04. The molecule has 1 fully saturated rings. The zero-order valence-corrected chi connectivity index (χ0v) is 17.7. The molecular weight excluding hydrogens is 450 g/mol. The van der Waals surface area contributed by atoms with Gasteiger partial charge in [-0.15, -0.1) is 0 Å². The number of hydrogen-bond donors (Lipinski definition) is 0. The number of halogens is 6. The molecule has 1 saturated heterocycles. The fourth-order valence-corrected chi connectivity index (χ4v) is 3.95. The van der Waals surface area contributed by atoms with Gasteiger partial charge in [0.2, 0.25) is 0 Å². The lowest BCUT2D eigenvalue weighted by Gasteiger charge is -2.41. The van der Waals surface area contributed by atoms with Crippen molar-refractivity contribution < 1.29 is 35.9 Å². The van der Waals surface area contributed by atoms with Crippen molar-refractivity contribution in [2.24, 2.45) is 0 Å². The quantitative estimate of drug-likeness (QED) is 0.594. The van der Waals surface area contributed by atoms with E-state index in [1.807, 2.05) is 17.0 Å². The number of hydrogen-bond acceptors (Lipinski definition) is 3. The molecule has 0 aliphatic carbocycles. The standard InChI is InChI=1S/C23H22F6N2O2/c1-15(32)13-30-7-8-31(20(14-30)9-16-5-3-2-4-6-16)21(33)17-10-18(22(24,25)26)12-19(11-17)23(27,28)29/h2-6,10-12,20H,7-9,13-14H2,1H3. The molecule has 0 aromatic heterocycles. The van der Waals surface area contributed by atoms with Crippen molar-refractivity contribution >= 4 is 11.7 Å². The van der Waals surface area contributed by atoms with Crippen LogP contribution in [-0.4, -0.2) is 53.7 Å². The predicted molar refractivity (Wildman–Crippen MR) is 109 cm³/mol. The van der Waals surface area contributed by atoms with Crippen molar-refractivity contribution in [3.05, 3.63) is 70.8 Å². The van der Waals surface area contributed by atoms with E-state index in [2.05, 4.69) is 0 Å². The molecule has 0 radical (unpaired) electrons. The molecular formula is C23H22F6N2O2. The molecule has 1 amide bonds. The van der Waals surface area contributed by atoms with E-state index in [0.29, 0.717) is 18.6 Å². The van der Waals surface area contributed by atoms with Crippen LogP contribution in [0.25, 0.3) is 0 Å². The molecule has 0 N–H and O–H groups in total. The molecule has 1 aliphatic rings. The largest absolute Gasteiger partial charge is 0.416 e. The van der Waals surface area contributed by atoms with Gasteiger partial charge < -0.3 is 4.90 Å². The molecule has 1 unspecified atom stereocenters. The molecule has 1 aliphatic heterocycles. The van der Waals surface area contributed by atoms with Crippen molar-refractivity contribution in [2.45, 2.75) is 31.7 Å². The Hall–Kier alpha value is -2.88. The summed E-state index contributed by atoms with van der Waals surface area (Å²) in [5.74, 6) is -0.990. The van der Waals surface area contributed by atoms with E-state index in [-0.39, 0.29) is 38.0 Å². The average molecular weight is 472 g/mol. The molecule has 1 heterocycles. The third-order valence-corrected chi connectivity index (χ3v) is 5.42. The van der Waals surface area contributed by atoms with E-state index in [1.165, 1.54) is 11.8 Å². The van der Waals surface area contributed by atoms with E-state index in [9.17, 15) is 35.9 Å². The van der Waals surface area contributed by atoms with E-state index in [0.717, 1.165) is 5.56 Å². The van der Waals surface area contributed by atoms with Crippen molar-refractivity contribution in [2.75, 3.05) is 26.2 Å². The number of carbonyl (C=O) groups excluding carboxylic acids is 2. The number of ketones is 1. The van der Waals surface area contributed by atoms with Gasteiger partial charge in [-0.2, -0.15) is 26.3 Å². The van der Waals surface area contributed by atoms with Gasteiger partial charge in [-0.25, -0.2) is 0 Å². The molecule has 3 rings (SSSR count). The number of rotatable bonds is 5. The fraction of sp³-hybridized carbons (Fsp3) is 0.391. The zero-order valence-electron chi connectivity index (χ0n) is 17.7. The van der Waals surface area contributed by atoms with Crippen molar-refractivity contribution in [1.29, 1.82) is 0 Å². The highest BCUT2D eigenvalue weighted by Gasteiger charge is 2.39. The summed E-state index contributed by atoms with van der Waals surface area (Å²) in [6.07, 6.45) is -9.74. The fourth-order valence-electron chi connectivity index (χ4n) is 3.95. The smallest absolute Gasteiger partial charge is 0.333 e. The van der Waals surface area contributed by atoms with Crippen LogP contribution in [0.2, 0.25) is 0 Å². The maximum Gasteiger partial charge on any atom is 0.416 e. The SMILES string of the molecule is CC(=O)CN1CCN(C(=O)c2cc(C(F)(F)F)cc(C(F)(F)F)c2)C(Cc2ccccc2)C1. The Balaban J connectivity index is 1.96. The summed E-state index contributed by atoms with van der Waals surface area (Å²) >= 11 is 0. The Morgan fingerprint density at radius 1 is 0.909 bits per heavy atom. The highest BCUT2D eigenvalue weighted by Crippen LogP contribution is 2.36. The Morgan fingerprint density at radius 3 is 2.00 bits per heavy atom. The van der Waals surface area contributed by atoms with Crippen LogP contribution in [0.5, 0.6) is 0 Å². The first-order chi connectivity index (χ1) is 15.3. The van der Waals surface area contributed by atoms with Crippen molar-refractivity contribution in [3.63, 3.8) is 0 Å². The van der Waals surface area contributed by atoms with Gasteiger partial charge in [0.1, 0.15) is 5.78 Å².